The van der Waals surface area contributed by atoms with E-state index in [9.17, 15) is 4.39 Å². The van der Waals surface area contributed by atoms with Gasteiger partial charge in [-0.25, -0.2) is 9.07 Å². The molecule has 29 heavy (non-hydrogen) atoms. The normalized spacial score (nSPS) is 17.0. The van der Waals surface area contributed by atoms with Gasteiger partial charge in [-0.1, -0.05) is 12.1 Å². The van der Waals surface area contributed by atoms with Crippen LogP contribution in [0, 0.1) is 10.6 Å². The highest BCUT2D eigenvalue weighted by atomic mass is 32.1. The molecular weight excluding hydrogens is 387 g/mol. The minimum Gasteiger partial charge on any atom is -0.494 e. The Balaban J connectivity index is 1.56. The van der Waals surface area contributed by atoms with Gasteiger partial charge in [-0.15, -0.1) is 0 Å². The summed E-state index contributed by atoms with van der Waals surface area (Å²) in [5, 5.41) is 4.73. The van der Waals surface area contributed by atoms with Crippen molar-refractivity contribution in [3.8, 4) is 17.1 Å². The van der Waals surface area contributed by atoms with Crippen LogP contribution in [0.25, 0.3) is 11.4 Å². The van der Waals surface area contributed by atoms with Gasteiger partial charge >= 0.3 is 0 Å². The summed E-state index contributed by atoms with van der Waals surface area (Å²) in [6, 6.07) is 15.1. The number of likely N-dealkylation sites (tertiary alicyclic amines) is 1. The SMILES string of the molecule is CCOc1ccc([C@H]2CCCN2Cn2nc(-c3ccc(F)cc3)n(C)c2=S)cc1. The highest BCUT2D eigenvalue weighted by Gasteiger charge is 2.27. The van der Waals surface area contributed by atoms with Crippen LogP contribution >= 0.6 is 12.2 Å². The van der Waals surface area contributed by atoms with Crippen LogP contribution in [0.5, 0.6) is 5.75 Å². The molecule has 7 heteroatoms. The summed E-state index contributed by atoms with van der Waals surface area (Å²) < 4.78 is 23.2. The number of hydrogen-bond acceptors (Lipinski definition) is 4. The maximum atomic E-state index is 13.3. The van der Waals surface area contributed by atoms with Crippen molar-refractivity contribution in [2.24, 2.45) is 7.05 Å². The third kappa shape index (κ3) is 4.11. The third-order valence-corrected chi connectivity index (χ3v) is 5.88. The molecule has 2 aromatic carbocycles. The summed E-state index contributed by atoms with van der Waals surface area (Å²) in [5.41, 5.74) is 2.13. The molecule has 152 valence electrons. The summed E-state index contributed by atoms with van der Waals surface area (Å²) >= 11 is 5.62. The van der Waals surface area contributed by atoms with E-state index in [4.69, 9.17) is 22.1 Å². The zero-order valence-corrected chi connectivity index (χ0v) is 17.5. The summed E-state index contributed by atoms with van der Waals surface area (Å²) in [4.78, 5) is 2.41. The van der Waals surface area contributed by atoms with E-state index in [1.54, 1.807) is 12.1 Å². The Morgan fingerprint density at radius 3 is 2.55 bits per heavy atom. The summed E-state index contributed by atoms with van der Waals surface area (Å²) in [6.45, 7) is 4.29. The molecule has 2 heterocycles. The van der Waals surface area contributed by atoms with Crippen molar-refractivity contribution in [2.45, 2.75) is 32.5 Å². The molecule has 0 bridgehead atoms. The zero-order valence-electron chi connectivity index (χ0n) is 16.7. The van der Waals surface area contributed by atoms with Gasteiger partial charge in [-0.2, -0.15) is 5.10 Å². The van der Waals surface area contributed by atoms with Crippen molar-refractivity contribution in [2.75, 3.05) is 13.2 Å². The molecule has 1 aromatic heterocycles. The van der Waals surface area contributed by atoms with E-state index in [0.717, 1.165) is 36.5 Å². The van der Waals surface area contributed by atoms with Gasteiger partial charge in [0.25, 0.3) is 0 Å². The van der Waals surface area contributed by atoms with E-state index in [1.165, 1.54) is 17.7 Å². The van der Waals surface area contributed by atoms with Gasteiger partial charge < -0.3 is 9.30 Å². The number of hydrogen-bond donors (Lipinski definition) is 0. The minimum absolute atomic E-state index is 0.260. The van der Waals surface area contributed by atoms with Gasteiger partial charge in [0, 0.05) is 25.2 Å². The van der Waals surface area contributed by atoms with Crippen molar-refractivity contribution in [1.82, 2.24) is 19.2 Å². The molecule has 0 unspecified atom stereocenters. The fourth-order valence-corrected chi connectivity index (χ4v) is 4.11. The second kappa shape index (κ2) is 8.47. The number of rotatable bonds is 6. The minimum atomic E-state index is -0.260. The molecule has 1 atom stereocenters. The van der Waals surface area contributed by atoms with Crippen LogP contribution < -0.4 is 4.74 Å². The first kappa shape index (κ1) is 19.8. The number of ether oxygens (including phenoxy) is 1. The van der Waals surface area contributed by atoms with Gasteiger partial charge in [0.2, 0.25) is 0 Å². The maximum Gasteiger partial charge on any atom is 0.199 e. The molecule has 3 aromatic rings. The lowest BCUT2D eigenvalue weighted by molar-refractivity contribution is 0.190. The first-order valence-corrected chi connectivity index (χ1v) is 10.3. The number of benzene rings is 2. The molecule has 0 radical (unpaired) electrons. The molecule has 4 rings (SSSR count). The standard InChI is InChI=1S/C22H25FN4OS/c1-3-28-19-12-8-16(9-13-19)20-5-4-14-26(20)15-27-22(29)25(2)21(24-27)17-6-10-18(23)11-7-17/h6-13,20H,3-5,14-15H2,1-2H3/t20-/m1/s1. The van der Waals surface area contributed by atoms with Gasteiger partial charge in [0.05, 0.1) is 13.3 Å². The highest BCUT2D eigenvalue weighted by Crippen LogP contribution is 2.33. The average Bonchev–Trinajstić information content (AvgIpc) is 3.30. The summed E-state index contributed by atoms with van der Waals surface area (Å²) in [5.74, 6) is 1.38. The zero-order chi connectivity index (χ0) is 20.4. The smallest absolute Gasteiger partial charge is 0.199 e. The fourth-order valence-electron chi connectivity index (χ4n) is 3.93. The molecule has 0 aliphatic carbocycles. The van der Waals surface area contributed by atoms with E-state index >= 15 is 0 Å². The highest BCUT2D eigenvalue weighted by molar-refractivity contribution is 7.71. The molecule has 1 fully saturated rings. The summed E-state index contributed by atoms with van der Waals surface area (Å²) in [7, 11) is 1.90. The maximum absolute atomic E-state index is 13.3. The lowest BCUT2D eigenvalue weighted by Gasteiger charge is -2.24. The molecule has 0 N–H and O–H groups in total. The Morgan fingerprint density at radius 1 is 1.14 bits per heavy atom. The second-order valence-corrected chi connectivity index (χ2v) is 7.65. The predicted molar refractivity (Wildman–Crippen MR) is 114 cm³/mol. The van der Waals surface area contributed by atoms with Crippen molar-refractivity contribution in [3.63, 3.8) is 0 Å². The molecule has 1 aliphatic rings. The quantitative estimate of drug-likeness (QED) is 0.537. The van der Waals surface area contributed by atoms with Crippen LogP contribution in [0.15, 0.2) is 48.5 Å². The van der Waals surface area contributed by atoms with Crippen LogP contribution in [-0.4, -0.2) is 32.4 Å². The Kier molecular flexibility index (Phi) is 5.78. The number of halogens is 1. The number of nitrogens with zero attached hydrogens (tertiary/aromatic N) is 4. The van der Waals surface area contributed by atoms with E-state index in [0.29, 0.717) is 24.1 Å². The number of aromatic nitrogens is 3. The molecule has 0 saturated carbocycles. The van der Waals surface area contributed by atoms with Crippen molar-refractivity contribution < 1.29 is 9.13 Å². The topological polar surface area (TPSA) is 35.2 Å². The first-order valence-electron chi connectivity index (χ1n) is 9.93. The Hall–Kier alpha value is -2.51. The van der Waals surface area contributed by atoms with E-state index in [2.05, 4.69) is 17.0 Å². The Bertz CT molecular complexity index is 1030. The van der Waals surface area contributed by atoms with Crippen molar-refractivity contribution in [3.05, 3.63) is 64.7 Å². The molecule has 1 aliphatic heterocycles. The van der Waals surface area contributed by atoms with Gasteiger partial charge in [-0.3, -0.25) is 4.90 Å². The van der Waals surface area contributed by atoms with Gasteiger partial charge in [0.15, 0.2) is 10.6 Å². The monoisotopic (exact) mass is 412 g/mol. The van der Waals surface area contributed by atoms with Crippen LogP contribution in [0.4, 0.5) is 4.39 Å². The average molecular weight is 413 g/mol. The van der Waals surface area contributed by atoms with Crippen LogP contribution in [-0.2, 0) is 13.7 Å². The van der Waals surface area contributed by atoms with Crippen molar-refractivity contribution >= 4 is 12.2 Å². The van der Waals surface area contributed by atoms with E-state index in [-0.39, 0.29) is 5.82 Å². The largest absolute Gasteiger partial charge is 0.494 e. The van der Waals surface area contributed by atoms with Crippen LogP contribution in [0.3, 0.4) is 0 Å². The second-order valence-electron chi connectivity index (χ2n) is 7.29. The van der Waals surface area contributed by atoms with Gasteiger partial charge in [-0.05, 0) is 73.9 Å². The van der Waals surface area contributed by atoms with Crippen molar-refractivity contribution in [1.29, 1.82) is 0 Å². The summed E-state index contributed by atoms with van der Waals surface area (Å²) in [6.07, 6.45) is 2.25. The predicted octanol–water partition coefficient (Wildman–Crippen LogP) is 4.95. The lowest BCUT2D eigenvalue weighted by Crippen LogP contribution is -2.27. The first-order chi connectivity index (χ1) is 14.1. The molecule has 1 saturated heterocycles. The molecule has 0 amide bonds. The Morgan fingerprint density at radius 2 is 1.86 bits per heavy atom. The van der Waals surface area contributed by atoms with E-state index < -0.39 is 0 Å². The lowest BCUT2D eigenvalue weighted by atomic mass is 10.0. The van der Waals surface area contributed by atoms with Gasteiger partial charge in [0.1, 0.15) is 11.6 Å². The molecular formula is C22H25FN4OS. The molecule has 0 spiro atoms. The third-order valence-electron chi connectivity index (χ3n) is 5.40. The molecule has 5 nitrogen and oxygen atoms in total. The Labute approximate surface area is 175 Å². The van der Waals surface area contributed by atoms with Crippen LogP contribution in [0.2, 0.25) is 0 Å². The fraction of sp³-hybridized carbons (Fsp3) is 0.364. The van der Waals surface area contributed by atoms with Crippen LogP contribution in [0.1, 0.15) is 31.4 Å². The van der Waals surface area contributed by atoms with E-state index in [1.807, 2.05) is 35.4 Å².